The molecule has 0 aromatic carbocycles. The number of hydrogen-bond acceptors (Lipinski definition) is 4. The predicted octanol–water partition coefficient (Wildman–Crippen LogP) is -1.60. The third-order valence-corrected chi connectivity index (χ3v) is 2.31. The number of carboxylic acid groups (broad SMARTS) is 1. The van der Waals surface area contributed by atoms with E-state index in [1.54, 1.807) is 0 Å². The number of nitrogens with two attached hydrogens (primary N) is 1. The number of primary amides is 1. The Hall–Kier alpha value is -2.64. The number of carboxylic acids is 1. The molecule has 0 spiro atoms. The van der Waals surface area contributed by atoms with E-state index in [4.69, 9.17) is 10.8 Å². The monoisotopic (exact) mass is 267 g/mol. The molecule has 0 radical (unpaired) electrons. The van der Waals surface area contributed by atoms with E-state index in [1.165, 1.54) is 23.9 Å². The molecule has 0 saturated heterocycles. The Labute approximate surface area is 108 Å². The van der Waals surface area contributed by atoms with E-state index in [0.29, 0.717) is 0 Å². The normalized spacial score (nSPS) is 9.95. The molecule has 0 saturated carbocycles. The fraction of sp³-hybridized carbons (Fsp3) is 0.273. The summed E-state index contributed by atoms with van der Waals surface area (Å²) in [6, 6.07) is 2.43. The summed E-state index contributed by atoms with van der Waals surface area (Å²) in [6.07, 6.45) is 1.37. The van der Waals surface area contributed by atoms with Gasteiger partial charge in [-0.2, -0.15) is 0 Å². The van der Waals surface area contributed by atoms with Crippen molar-refractivity contribution in [3.8, 4) is 0 Å². The number of aromatic nitrogens is 1. The number of hydrogen-bond donors (Lipinski definition) is 2. The number of amides is 2. The van der Waals surface area contributed by atoms with Gasteiger partial charge in [-0.25, -0.2) is 0 Å². The van der Waals surface area contributed by atoms with Crippen LogP contribution in [0.2, 0.25) is 0 Å². The summed E-state index contributed by atoms with van der Waals surface area (Å²) in [7, 11) is 1.51. The molecule has 2 amide bonds. The second-order valence-corrected chi connectivity index (χ2v) is 3.89. The highest BCUT2D eigenvalue weighted by molar-refractivity contribution is 5.97. The van der Waals surface area contributed by atoms with Gasteiger partial charge in [-0.3, -0.25) is 19.2 Å². The van der Waals surface area contributed by atoms with Crippen molar-refractivity contribution in [3.05, 3.63) is 34.2 Å². The minimum absolute atomic E-state index is 0.00519. The SMILES string of the molecule is Cn1ccc(C(=O)N(CC(N)=O)CC(=O)O)cc1=O. The zero-order chi connectivity index (χ0) is 14.6. The molecule has 0 aliphatic heterocycles. The lowest BCUT2D eigenvalue weighted by atomic mass is 10.2. The number of carbonyl (C=O) groups is 3. The second-order valence-electron chi connectivity index (χ2n) is 3.89. The highest BCUT2D eigenvalue weighted by atomic mass is 16.4. The second kappa shape index (κ2) is 5.80. The molecule has 102 valence electrons. The quantitative estimate of drug-likeness (QED) is 0.665. The maximum Gasteiger partial charge on any atom is 0.323 e. The summed E-state index contributed by atoms with van der Waals surface area (Å²) in [4.78, 5) is 45.6. The Morgan fingerprint density at radius 1 is 1.37 bits per heavy atom. The van der Waals surface area contributed by atoms with Crippen molar-refractivity contribution in [2.75, 3.05) is 13.1 Å². The maximum atomic E-state index is 12.0. The molecule has 1 heterocycles. The number of aryl methyl sites for hydroxylation is 1. The Balaban J connectivity index is 3.03. The smallest absolute Gasteiger partial charge is 0.323 e. The molecule has 0 bridgehead atoms. The number of nitrogens with zero attached hydrogens (tertiary/aromatic N) is 2. The van der Waals surface area contributed by atoms with E-state index in [9.17, 15) is 19.2 Å². The van der Waals surface area contributed by atoms with Crippen LogP contribution < -0.4 is 11.3 Å². The summed E-state index contributed by atoms with van der Waals surface area (Å²) < 4.78 is 1.26. The van der Waals surface area contributed by atoms with Gasteiger partial charge >= 0.3 is 5.97 Å². The van der Waals surface area contributed by atoms with Gasteiger partial charge in [-0.1, -0.05) is 0 Å². The molecule has 0 unspecified atom stereocenters. The average molecular weight is 267 g/mol. The fourth-order valence-corrected chi connectivity index (χ4v) is 1.42. The van der Waals surface area contributed by atoms with Gasteiger partial charge < -0.3 is 20.3 Å². The maximum absolute atomic E-state index is 12.0. The van der Waals surface area contributed by atoms with Gasteiger partial charge in [-0.05, 0) is 6.07 Å². The predicted molar refractivity (Wildman–Crippen MR) is 64.4 cm³/mol. The zero-order valence-corrected chi connectivity index (χ0v) is 10.2. The van der Waals surface area contributed by atoms with Gasteiger partial charge in [-0.15, -0.1) is 0 Å². The molecule has 19 heavy (non-hydrogen) atoms. The summed E-state index contributed by atoms with van der Waals surface area (Å²) in [5.41, 5.74) is 4.54. The lowest BCUT2D eigenvalue weighted by molar-refractivity contribution is -0.138. The summed E-state index contributed by atoms with van der Waals surface area (Å²) in [6.45, 7) is -1.20. The van der Waals surface area contributed by atoms with Crippen LogP contribution in [0, 0.1) is 0 Å². The van der Waals surface area contributed by atoms with Crippen LogP contribution in [0.1, 0.15) is 10.4 Å². The third-order valence-electron chi connectivity index (χ3n) is 2.31. The van der Waals surface area contributed by atoms with Crippen molar-refractivity contribution in [3.63, 3.8) is 0 Å². The lowest BCUT2D eigenvalue weighted by Crippen LogP contribution is -2.41. The highest BCUT2D eigenvalue weighted by Gasteiger charge is 2.20. The molecular formula is C11H13N3O5. The Morgan fingerprint density at radius 2 is 2.00 bits per heavy atom. The van der Waals surface area contributed by atoms with Crippen LogP contribution in [-0.2, 0) is 16.6 Å². The minimum Gasteiger partial charge on any atom is -0.480 e. The number of rotatable bonds is 5. The Bertz CT molecular complexity index is 562. The first-order valence-electron chi connectivity index (χ1n) is 5.27. The first-order chi connectivity index (χ1) is 8.81. The fourth-order valence-electron chi connectivity index (χ4n) is 1.42. The van der Waals surface area contributed by atoms with Crippen LogP contribution in [-0.4, -0.2) is 45.4 Å². The number of carbonyl (C=O) groups excluding carboxylic acids is 2. The number of aliphatic carboxylic acids is 1. The van der Waals surface area contributed by atoms with Crippen molar-refractivity contribution >= 4 is 17.8 Å². The van der Waals surface area contributed by atoms with Crippen molar-refractivity contribution in [2.24, 2.45) is 12.8 Å². The molecule has 1 rings (SSSR count). The van der Waals surface area contributed by atoms with Gasteiger partial charge in [0.2, 0.25) is 5.91 Å². The van der Waals surface area contributed by atoms with Crippen LogP contribution in [0.15, 0.2) is 23.1 Å². The van der Waals surface area contributed by atoms with E-state index >= 15 is 0 Å². The average Bonchev–Trinajstić information content (AvgIpc) is 2.29. The molecule has 0 aliphatic carbocycles. The van der Waals surface area contributed by atoms with Crippen molar-refractivity contribution in [1.29, 1.82) is 0 Å². The van der Waals surface area contributed by atoms with Gasteiger partial charge in [0, 0.05) is 24.9 Å². The van der Waals surface area contributed by atoms with Crippen molar-refractivity contribution in [1.82, 2.24) is 9.47 Å². The third kappa shape index (κ3) is 3.95. The number of pyridine rings is 1. The van der Waals surface area contributed by atoms with E-state index in [2.05, 4.69) is 0 Å². The summed E-state index contributed by atoms with van der Waals surface area (Å²) >= 11 is 0. The van der Waals surface area contributed by atoms with Gasteiger partial charge in [0.05, 0.1) is 0 Å². The lowest BCUT2D eigenvalue weighted by Gasteiger charge is -2.18. The van der Waals surface area contributed by atoms with Crippen LogP contribution in [0.25, 0.3) is 0 Å². The molecule has 0 aliphatic rings. The standard InChI is InChI=1S/C11H13N3O5/c1-13-3-2-7(4-9(13)16)11(19)14(5-8(12)15)6-10(17)18/h2-4H,5-6H2,1H3,(H2,12,15)(H,17,18). The van der Waals surface area contributed by atoms with E-state index in [-0.39, 0.29) is 5.56 Å². The van der Waals surface area contributed by atoms with Crippen LogP contribution in [0.5, 0.6) is 0 Å². The van der Waals surface area contributed by atoms with Crippen LogP contribution in [0.3, 0.4) is 0 Å². The largest absolute Gasteiger partial charge is 0.480 e. The molecule has 1 aromatic heterocycles. The molecule has 8 nitrogen and oxygen atoms in total. The topological polar surface area (TPSA) is 123 Å². The molecular weight excluding hydrogens is 254 g/mol. The van der Waals surface area contributed by atoms with E-state index in [1.807, 2.05) is 0 Å². The van der Waals surface area contributed by atoms with Crippen molar-refractivity contribution < 1.29 is 19.5 Å². The van der Waals surface area contributed by atoms with Gasteiger partial charge in [0.25, 0.3) is 11.5 Å². The highest BCUT2D eigenvalue weighted by Crippen LogP contribution is 2.02. The summed E-state index contributed by atoms with van der Waals surface area (Å²) in [5.74, 6) is -2.85. The summed E-state index contributed by atoms with van der Waals surface area (Å²) in [5, 5.41) is 8.68. The minimum atomic E-state index is -1.28. The van der Waals surface area contributed by atoms with E-state index in [0.717, 1.165) is 11.0 Å². The van der Waals surface area contributed by atoms with Gasteiger partial charge in [0.1, 0.15) is 13.1 Å². The Morgan fingerprint density at radius 3 is 2.47 bits per heavy atom. The Kier molecular flexibility index (Phi) is 4.41. The van der Waals surface area contributed by atoms with Gasteiger partial charge in [0.15, 0.2) is 0 Å². The molecule has 0 atom stereocenters. The molecule has 8 heteroatoms. The molecule has 0 fully saturated rings. The molecule has 3 N–H and O–H groups in total. The zero-order valence-electron chi connectivity index (χ0n) is 10.2. The first-order valence-corrected chi connectivity index (χ1v) is 5.27. The van der Waals surface area contributed by atoms with Crippen molar-refractivity contribution in [2.45, 2.75) is 0 Å². The van der Waals surface area contributed by atoms with E-state index < -0.39 is 36.4 Å². The van der Waals surface area contributed by atoms with Crippen LogP contribution in [0.4, 0.5) is 0 Å². The van der Waals surface area contributed by atoms with Crippen LogP contribution >= 0.6 is 0 Å². The first kappa shape index (κ1) is 14.4. The molecule has 1 aromatic rings.